The molecule has 0 aromatic rings. The summed E-state index contributed by atoms with van der Waals surface area (Å²) in [4.78, 5) is 0. The van der Waals surface area contributed by atoms with Crippen LogP contribution in [0.4, 0.5) is 0 Å². The van der Waals surface area contributed by atoms with Crippen molar-refractivity contribution in [2.75, 3.05) is 6.61 Å². The summed E-state index contributed by atoms with van der Waals surface area (Å²) in [5.74, 6) is 1.52. The third-order valence-corrected chi connectivity index (χ3v) is 2.12. The van der Waals surface area contributed by atoms with Gasteiger partial charge in [-0.25, -0.2) is 0 Å². The van der Waals surface area contributed by atoms with E-state index in [9.17, 15) is 0 Å². The molecule has 10 heavy (non-hydrogen) atoms. The molecular formula is C9H20O. The van der Waals surface area contributed by atoms with Crippen LogP contribution in [0, 0.1) is 11.8 Å². The second kappa shape index (κ2) is 5.72. The zero-order valence-electron chi connectivity index (χ0n) is 7.43. The second-order valence-electron chi connectivity index (χ2n) is 3.37. The van der Waals surface area contributed by atoms with Gasteiger partial charge in [0.05, 0.1) is 0 Å². The summed E-state index contributed by atoms with van der Waals surface area (Å²) in [5.41, 5.74) is 0. The maximum absolute atomic E-state index is 8.62. The standard InChI is InChI=1S/C9H20O/c1-4-8(2)7-9(3)5-6-10/h8-10H,4-7H2,1-3H3. The van der Waals surface area contributed by atoms with Crippen LogP contribution < -0.4 is 0 Å². The molecule has 0 amide bonds. The molecule has 2 unspecified atom stereocenters. The van der Waals surface area contributed by atoms with Gasteiger partial charge >= 0.3 is 0 Å². The highest BCUT2D eigenvalue weighted by Gasteiger charge is 2.05. The smallest absolute Gasteiger partial charge is 0.0433 e. The Kier molecular flexibility index (Phi) is 5.70. The minimum atomic E-state index is 0.345. The molecule has 0 rings (SSSR count). The molecule has 0 aliphatic heterocycles. The first-order valence-corrected chi connectivity index (χ1v) is 4.31. The van der Waals surface area contributed by atoms with Crippen LogP contribution in [0.3, 0.4) is 0 Å². The van der Waals surface area contributed by atoms with Crippen LogP contribution in [0.25, 0.3) is 0 Å². The van der Waals surface area contributed by atoms with Gasteiger partial charge in [0, 0.05) is 6.61 Å². The van der Waals surface area contributed by atoms with Crippen molar-refractivity contribution in [3.63, 3.8) is 0 Å². The Hall–Kier alpha value is -0.0400. The number of hydrogen-bond donors (Lipinski definition) is 1. The third-order valence-electron chi connectivity index (χ3n) is 2.12. The Balaban J connectivity index is 3.27. The Morgan fingerprint density at radius 2 is 1.80 bits per heavy atom. The average molecular weight is 144 g/mol. The van der Waals surface area contributed by atoms with Crippen LogP contribution in [0.5, 0.6) is 0 Å². The highest BCUT2D eigenvalue weighted by atomic mass is 16.2. The second-order valence-corrected chi connectivity index (χ2v) is 3.37. The number of rotatable bonds is 5. The van der Waals surface area contributed by atoms with E-state index >= 15 is 0 Å². The fourth-order valence-electron chi connectivity index (χ4n) is 1.19. The molecule has 0 aromatic carbocycles. The Morgan fingerprint density at radius 3 is 2.20 bits per heavy atom. The Labute approximate surface area is 64.5 Å². The largest absolute Gasteiger partial charge is 0.396 e. The first kappa shape index (κ1) is 9.96. The fourth-order valence-corrected chi connectivity index (χ4v) is 1.19. The summed E-state index contributed by atoms with van der Waals surface area (Å²) >= 11 is 0. The maximum Gasteiger partial charge on any atom is 0.0433 e. The van der Waals surface area contributed by atoms with E-state index in [4.69, 9.17) is 5.11 Å². The van der Waals surface area contributed by atoms with E-state index in [-0.39, 0.29) is 0 Å². The van der Waals surface area contributed by atoms with Crippen LogP contribution in [0.15, 0.2) is 0 Å². The minimum absolute atomic E-state index is 0.345. The third kappa shape index (κ3) is 4.80. The number of aliphatic hydroxyl groups is 1. The molecule has 0 fully saturated rings. The highest BCUT2D eigenvalue weighted by Crippen LogP contribution is 2.16. The normalized spacial score (nSPS) is 16.8. The molecule has 0 bridgehead atoms. The van der Waals surface area contributed by atoms with E-state index in [1.807, 2.05) is 0 Å². The van der Waals surface area contributed by atoms with Crippen molar-refractivity contribution in [3.8, 4) is 0 Å². The molecule has 1 N–H and O–H groups in total. The summed E-state index contributed by atoms with van der Waals surface area (Å²) < 4.78 is 0. The lowest BCUT2D eigenvalue weighted by atomic mass is 9.93. The zero-order valence-corrected chi connectivity index (χ0v) is 7.43. The Bertz CT molecular complexity index is 71.1. The van der Waals surface area contributed by atoms with Crippen LogP contribution in [-0.2, 0) is 0 Å². The van der Waals surface area contributed by atoms with Gasteiger partial charge in [-0.1, -0.05) is 27.2 Å². The predicted molar refractivity (Wildman–Crippen MR) is 44.9 cm³/mol. The quantitative estimate of drug-likeness (QED) is 0.628. The van der Waals surface area contributed by atoms with Crippen molar-refractivity contribution < 1.29 is 5.11 Å². The van der Waals surface area contributed by atoms with Crippen LogP contribution in [-0.4, -0.2) is 11.7 Å². The summed E-state index contributed by atoms with van der Waals surface area (Å²) in [7, 11) is 0. The molecule has 1 nitrogen and oxygen atoms in total. The predicted octanol–water partition coefficient (Wildman–Crippen LogP) is 2.44. The van der Waals surface area contributed by atoms with Gasteiger partial charge in [0.2, 0.25) is 0 Å². The van der Waals surface area contributed by atoms with Crippen molar-refractivity contribution in [1.82, 2.24) is 0 Å². The van der Waals surface area contributed by atoms with Gasteiger partial charge in [0.1, 0.15) is 0 Å². The number of hydrogen-bond acceptors (Lipinski definition) is 1. The topological polar surface area (TPSA) is 20.2 Å². The summed E-state index contributed by atoms with van der Waals surface area (Å²) in [6.45, 7) is 7.05. The van der Waals surface area contributed by atoms with E-state index < -0.39 is 0 Å². The highest BCUT2D eigenvalue weighted by molar-refractivity contribution is 4.57. The molecule has 62 valence electrons. The Morgan fingerprint density at radius 1 is 1.20 bits per heavy atom. The molecule has 0 spiro atoms. The van der Waals surface area contributed by atoms with Crippen molar-refractivity contribution in [3.05, 3.63) is 0 Å². The molecule has 0 aliphatic rings. The average Bonchev–Trinajstić information content (AvgIpc) is 1.88. The molecule has 0 aliphatic carbocycles. The molecule has 0 aromatic heterocycles. The fraction of sp³-hybridized carbons (Fsp3) is 1.00. The minimum Gasteiger partial charge on any atom is -0.396 e. The molecular weight excluding hydrogens is 124 g/mol. The number of aliphatic hydroxyl groups excluding tert-OH is 1. The van der Waals surface area contributed by atoms with E-state index in [1.165, 1.54) is 12.8 Å². The van der Waals surface area contributed by atoms with E-state index in [0.29, 0.717) is 12.5 Å². The van der Waals surface area contributed by atoms with Crippen molar-refractivity contribution in [1.29, 1.82) is 0 Å². The van der Waals surface area contributed by atoms with Crippen LogP contribution in [0.1, 0.15) is 40.0 Å². The molecule has 0 saturated heterocycles. The van der Waals surface area contributed by atoms with Gasteiger partial charge in [-0.2, -0.15) is 0 Å². The monoisotopic (exact) mass is 144 g/mol. The SMILES string of the molecule is CCC(C)CC(C)CCO. The van der Waals surface area contributed by atoms with Gasteiger partial charge in [-0.05, 0) is 24.7 Å². The van der Waals surface area contributed by atoms with Crippen LogP contribution >= 0.6 is 0 Å². The summed E-state index contributed by atoms with van der Waals surface area (Å²) in [5, 5.41) is 8.62. The van der Waals surface area contributed by atoms with Crippen molar-refractivity contribution in [2.45, 2.75) is 40.0 Å². The molecule has 1 heteroatoms. The first-order chi connectivity index (χ1) is 4.70. The van der Waals surface area contributed by atoms with Crippen molar-refractivity contribution in [2.24, 2.45) is 11.8 Å². The van der Waals surface area contributed by atoms with Gasteiger partial charge in [0.25, 0.3) is 0 Å². The lowest BCUT2D eigenvalue weighted by molar-refractivity contribution is 0.247. The molecule has 0 radical (unpaired) electrons. The van der Waals surface area contributed by atoms with Gasteiger partial charge in [0.15, 0.2) is 0 Å². The van der Waals surface area contributed by atoms with Gasteiger partial charge < -0.3 is 5.11 Å². The first-order valence-electron chi connectivity index (χ1n) is 4.31. The lowest BCUT2D eigenvalue weighted by Gasteiger charge is -2.13. The van der Waals surface area contributed by atoms with E-state index in [2.05, 4.69) is 20.8 Å². The van der Waals surface area contributed by atoms with Gasteiger partial charge in [-0.15, -0.1) is 0 Å². The van der Waals surface area contributed by atoms with E-state index in [1.54, 1.807) is 0 Å². The molecule has 0 saturated carbocycles. The maximum atomic E-state index is 8.62. The van der Waals surface area contributed by atoms with Crippen molar-refractivity contribution >= 4 is 0 Å². The summed E-state index contributed by atoms with van der Waals surface area (Å²) in [6, 6.07) is 0. The molecule has 0 heterocycles. The molecule has 2 atom stereocenters. The lowest BCUT2D eigenvalue weighted by Crippen LogP contribution is -2.03. The van der Waals surface area contributed by atoms with E-state index in [0.717, 1.165) is 12.3 Å². The zero-order chi connectivity index (χ0) is 7.98. The van der Waals surface area contributed by atoms with Gasteiger partial charge in [-0.3, -0.25) is 0 Å². The summed E-state index contributed by atoms with van der Waals surface area (Å²) in [6.07, 6.45) is 3.48. The van der Waals surface area contributed by atoms with Crippen LogP contribution in [0.2, 0.25) is 0 Å².